The number of fused-ring (bicyclic) bond motifs is 1. The molecule has 5 aromatic carbocycles. The Hall–Kier alpha value is -5.92. The summed E-state index contributed by atoms with van der Waals surface area (Å²) >= 11 is 0. The van der Waals surface area contributed by atoms with Gasteiger partial charge in [0.1, 0.15) is 0 Å². The molecule has 0 aliphatic heterocycles. The van der Waals surface area contributed by atoms with Crippen LogP contribution in [0, 0.1) is 0 Å². The largest absolute Gasteiger partial charge is 0.310 e. The molecule has 1 aliphatic rings. The van der Waals surface area contributed by atoms with E-state index in [4.69, 9.17) is 6.58 Å². The van der Waals surface area contributed by atoms with Gasteiger partial charge >= 0.3 is 0 Å². The Balaban J connectivity index is 1.61. The molecular formula is C49H45N. The molecule has 0 heterocycles. The van der Waals surface area contributed by atoms with Crippen molar-refractivity contribution in [2.45, 2.75) is 32.6 Å². The predicted molar refractivity (Wildman–Crippen MR) is 218 cm³/mol. The average Bonchev–Trinajstić information content (AvgIpc) is 3.44. The molecule has 0 amide bonds. The highest BCUT2D eigenvalue weighted by molar-refractivity contribution is 5.99. The van der Waals surface area contributed by atoms with Gasteiger partial charge in [0.25, 0.3) is 0 Å². The number of nitrogens with zero attached hydrogens (tertiary/aromatic N) is 1. The normalized spacial score (nSPS) is 16.9. The molecule has 1 heteroatoms. The Kier molecular flexibility index (Phi) is 10.3. The zero-order valence-electron chi connectivity index (χ0n) is 29.4. The summed E-state index contributed by atoms with van der Waals surface area (Å²) < 4.78 is 0. The highest BCUT2D eigenvalue weighted by atomic mass is 15.1. The average molecular weight is 648 g/mol. The molecular weight excluding hydrogens is 603 g/mol. The minimum atomic E-state index is -0.576. The quantitative estimate of drug-likeness (QED) is 0.102. The summed E-state index contributed by atoms with van der Waals surface area (Å²) in [6, 6.07) is 45.7. The fourth-order valence-corrected chi connectivity index (χ4v) is 7.50. The summed E-state index contributed by atoms with van der Waals surface area (Å²) in [4.78, 5) is 2.33. The van der Waals surface area contributed by atoms with Gasteiger partial charge in [-0.25, -0.2) is 0 Å². The number of benzene rings is 5. The first-order chi connectivity index (χ1) is 24.5. The maximum absolute atomic E-state index is 4.93. The van der Waals surface area contributed by atoms with E-state index in [1.165, 1.54) is 44.5 Å². The highest BCUT2D eigenvalue weighted by Gasteiger charge is 2.48. The van der Waals surface area contributed by atoms with Crippen LogP contribution in [0.3, 0.4) is 0 Å². The van der Waals surface area contributed by atoms with Crippen LogP contribution in [0.4, 0.5) is 11.4 Å². The van der Waals surface area contributed by atoms with Crippen molar-refractivity contribution in [3.8, 4) is 22.3 Å². The van der Waals surface area contributed by atoms with Crippen LogP contribution in [0.5, 0.6) is 0 Å². The molecule has 50 heavy (non-hydrogen) atoms. The zero-order valence-corrected chi connectivity index (χ0v) is 29.4. The Labute approximate surface area is 299 Å². The minimum Gasteiger partial charge on any atom is -0.310 e. The van der Waals surface area contributed by atoms with Crippen molar-refractivity contribution in [3.05, 3.63) is 223 Å². The van der Waals surface area contributed by atoms with Gasteiger partial charge in [-0.05, 0) is 102 Å². The van der Waals surface area contributed by atoms with Gasteiger partial charge < -0.3 is 4.90 Å². The van der Waals surface area contributed by atoms with E-state index in [-0.39, 0.29) is 0 Å². The molecule has 0 aromatic heterocycles. The smallest absolute Gasteiger partial charge is 0.0666 e. The lowest BCUT2D eigenvalue weighted by molar-refractivity contribution is 0.745. The first kappa shape index (κ1) is 34.0. The van der Waals surface area contributed by atoms with Gasteiger partial charge in [-0.1, -0.05) is 165 Å². The summed E-state index contributed by atoms with van der Waals surface area (Å²) in [5, 5.41) is 0. The second kappa shape index (κ2) is 15.1. The van der Waals surface area contributed by atoms with Gasteiger partial charge in [0.05, 0.1) is 11.1 Å². The van der Waals surface area contributed by atoms with E-state index < -0.39 is 5.41 Å². The summed E-state index contributed by atoms with van der Waals surface area (Å²) in [6.45, 7) is 19.5. The molecule has 0 spiro atoms. The molecule has 5 aromatic rings. The van der Waals surface area contributed by atoms with E-state index in [1.54, 1.807) is 0 Å². The van der Waals surface area contributed by atoms with Crippen LogP contribution < -0.4 is 4.90 Å². The third-order valence-electron chi connectivity index (χ3n) is 9.85. The van der Waals surface area contributed by atoms with E-state index in [9.17, 15) is 0 Å². The molecule has 0 saturated heterocycles. The first-order valence-electron chi connectivity index (χ1n) is 17.3. The van der Waals surface area contributed by atoms with E-state index in [1.807, 2.05) is 18.2 Å². The van der Waals surface area contributed by atoms with Crippen molar-refractivity contribution < 1.29 is 0 Å². The van der Waals surface area contributed by atoms with Crippen LogP contribution in [0.15, 0.2) is 207 Å². The van der Waals surface area contributed by atoms with E-state index in [0.717, 1.165) is 34.6 Å². The molecule has 1 unspecified atom stereocenters. The van der Waals surface area contributed by atoms with E-state index >= 15 is 0 Å². The summed E-state index contributed by atoms with van der Waals surface area (Å²) in [5.41, 5.74) is 14.4. The Morgan fingerprint density at radius 3 is 1.96 bits per heavy atom. The van der Waals surface area contributed by atoms with E-state index in [2.05, 4.69) is 191 Å². The third kappa shape index (κ3) is 6.08. The van der Waals surface area contributed by atoms with Crippen LogP contribution in [0.1, 0.15) is 43.9 Å². The topological polar surface area (TPSA) is 3.24 Å². The van der Waals surface area contributed by atoms with Crippen molar-refractivity contribution >= 4 is 16.9 Å². The monoisotopic (exact) mass is 647 g/mol. The Morgan fingerprint density at radius 1 is 0.720 bits per heavy atom. The van der Waals surface area contributed by atoms with Crippen LogP contribution in [0.2, 0.25) is 0 Å². The molecule has 0 saturated carbocycles. The van der Waals surface area contributed by atoms with Crippen LogP contribution in [-0.4, -0.2) is 0 Å². The van der Waals surface area contributed by atoms with Gasteiger partial charge in [0.2, 0.25) is 0 Å². The molecule has 0 N–H and O–H groups in total. The Morgan fingerprint density at radius 2 is 1.34 bits per heavy atom. The van der Waals surface area contributed by atoms with Crippen molar-refractivity contribution in [1.29, 1.82) is 0 Å². The van der Waals surface area contributed by atoms with Crippen molar-refractivity contribution in [2.24, 2.45) is 0 Å². The van der Waals surface area contributed by atoms with Gasteiger partial charge in [0, 0.05) is 16.9 Å². The van der Waals surface area contributed by atoms with E-state index in [0.29, 0.717) is 0 Å². The molecule has 0 fully saturated rings. The molecule has 246 valence electrons. The summed E-state index contributed by atoms with van der Waals surface area (Å²) in [5.74, 6) is 0. The maximum Gasteiger partial charge on any atom is 0.0666 e. The van der Waals surface area contributed by atoms with Crippen LogP contribution in [-0.2, 0) is 5.41 Å². The zero-order chi connectivity index (χ0) is 35.1. The SMILES string of the molecule is C=CC=CCC=C(C)C1(c2cccc(-c3ccccc3)c2)C(=C)C(=CC)c2c(N(C(C=C)=CC)c3ccc(-c4ccccc4)cc3)cccc21. The number of rotatable bonds is 11. The number of anilines is 2. The standard InChI is InChI=1S/C49H45N/c1-7-11-12-15-22-36(5)49(42-28-20-27-41(35-42)39-25-18-14-19-26-39)37(6)45(10-4)48-46(49)29-21-30-47(48)50(43(8-2)9-3)44-33-31-40(32-34-44)38-23-16-13-17-24-38/h7-14,16-35H,1-2,6,15H2,3-5H3. The van der Waals surface area contributed by atoms with Crippen molar-refractivity contribution in [1.82, 2.24) is 0 Å². The van der Waals surface area contributed by atoms with Gasteiger partial charge in [-0.3, -0.25) is 0 Å². The van der Waals surface area contributed by atoms with Gasteiger partial charge in [-0.2, -0.15) is 0 Å². The molecule has 0 radical (unpaired) electrons. The molecule has 1 nitrogen and oxygen atoms in total. The molecule has 0 bridgehead atoms. The van der Waals surface area contributed by atoms with Gasteiger partial charge in [0.15, 0.2) is 0 Å². The van der Waals surface area contributed by atoms with Crippen molar-refractivity contribution in [3.63, 3.8) is 0 Å². The first-order valence-corrected chi connectivity index (χ1v) is 17.3. The number of allylic oxidation sites excluding steroid dienone is 10. The maximum atomic E-state index is 4.93. The number of hydrogen-bond acceptors (Lipinski definition) is 1. The summed E-state index contributed by atoms with van der Waals surface area (Å²) in [7, 11) is 0. The lowest BCUT2D eigenvalue weighted by atomic mass is 9.67. The summed E-state index contributed by atoms with van der Waals surface area (Å²) in [6.07, 6.45) is 15.4. The number of hydrogen-bond donors (Lipinski definition) is 0. The Bertz CT molecular complexity index is 2140. The highest BCUT2D eigenvalue weighted by Crippen LogP contribution is 2.59. The molecule has 6 rings (SSSR count). The lowest BCUT2D eigenvalue weighted by Crippen LogP contribution is -2.28. The fourth-order valence-electron chi connectivity index (χ4n) is 7.50. The third-order valence-corrected chi connectivity index (χ3v) is 9.85. The molecule has 1 atom stereocenters. The van der Waals surface area contributed by atoms with Crippen LogP contribution >= 0.6 is 0 Å². The second-order valence-corrected chi connectivity index (χ2v) is 12.5. The predicted octanol–water partition coefficient (Wildman–Crippen LogP) is 13.6. The second-order valence-electron chi connectivity index (χ2n) is 12.5. The minimum absolute atomic E-state index is 0.576. The fraction of sp³-hybridized carbons (Fsp3) is 0.102. The lowest BCUT2D eigenvalue weighted by Gasteiger charge is -2.35. The van der Waals surface area contributed by atoms with Gasteiger partial charge in [-0.15, -0.1) is 0 Å². The van der Waals surface area contributed by atoms with Crippen LogP contribution in [0.25, 0.3) is 27.8 Å². The molecule has 1 aliphatic carbocycles. The van der Waals surface area contributed by atoms with Crippen molar-refractivity contribution in [2.75, 3.05) is 4.90 Å².